The monoisotopic (exact) mass is 478 g/mol. The maximum atomic E-state index is 14.8. The number of hydrogen-bond donors (Lipinski definition) is 2. The molecule has 0 radical (unpaired) electrons. The summed E-state index contributed by atoms with van der Waals surface area (Å²) in [6, 6.07) is 5.58. The van der Waals surface area contributed by atoms with Crippen LogP contribution in [-0.4, -0.2) is 21.5 Å². The summed E-state index contributed by atoms with van der Waals surface area (Å²) < 4.78 is 30.8. The average Bonchev–Trinajstić information content (AvgIpc) is 3.46. The standard InChI is InChI=1S/C23H22Cl2F2N4O/c1-31-18-11-16(26)13(21(32)28-12-4-6-23(7-5-12)8-9-23)10-17(18)29-22(31)30-20-15(25)3-2-14(24)19(20)27/h2-3,10-12H,4-9H2,1H3,(H,28,32)(H,29,30). The van der Waals surface area contributed by atoms with Gasteiger partial charge in [0.1, 0.15) is 5.82 Å². The van der Waals surface area contributed by atoms with Gasteiger partial charge in [-0.3, -0.25) is 4.79 Å². The van der Waals surface area contributed by atoms with E-state index in [-0.39, 0.29) is 33.3 Å². The number of benzene rings is 2. The first-order valence-corrected chi connectivity index (χ1v) is 11.4. The summed E-state index contributed by atoms with van der Waals surface area (Å²) in [7, 11) is 1.66. The Kier molecular flexibility index (Phi) is 5.29. The maximum Gasteiger partial charge on any atom is 0.254 e. The number of aromatic nitrogens is 2. The quantitative estimate of drug-likeness (QED) is 0.429. The van der Waals surface area contributed by atoms with Crippen molar-refractivity contribution in [1.82, 2.24) is 14.9 Å². The SMILES string of the molecule is Cn1c(Nc2c(Cl)ccc(Cl)c2F)nc2cc(C(=O)NC3CCC4(CC3)CC4)c(F)cc21. The Labute approximate surface area is 194 Å². The maximum absolute atomic E-state index is 14.8. The number of fused-ring (bicyclic) bond motifs is 1. The normalized spacial score (nSPS) is 17.7. The van der Waals surface area contributed by atoms with Crippen LogP contribution < -0.4 is 10.6 Å². The number of anilines is 2. The van der Waals surface area contributed by atoms with Crippen molar-refractivity contribution in [2.24, 2.45) is 12.5 Å². The molecule has 2 aromatic carbocycles. The number of nitrogens with one attached hydrogen (secondary N) is 2. The minimum absolute atomic E-state index is 0.0262. The number of amides is 1. The fraction of sp³-hybridized carbons (Fsp3) is 0.391. The van der Waals surface area contributed by atoms with Gasteiger partial charge in [0, 0.05) is 19.2 Å². The van der Waals surface area contributed by atoms with Crippen molar-refractivity contribution in [3.8, 4) is 0 Å². The molecule has 5 rings (SSSR count). The van der Waals surface area contributed by atoms with Crippen LogP contribution in [0.5, 0.6) is 0 Å². The topological polar surface area (TPSA) is 59.0 Å². The van der Waals surface area contributed by atoms with Crippen molar-refractivity contribution in [2.45, 2.75) is 44.6 Å². The zero-order valence-electron chi connectivity index (χ0n) is 17.4. The molecule has 0 unspecified atom stereocenters. The number of aryl methyl sites for hydroxylation is 1. The number of rotatable bonds is 4. The van der Waals surface area contributed by atoms with Crippen LogP contribution in [0.2, 0.25) is 10.0 Å². The Balaban J connectivity index is 1.40. The van der Waals surface area contributed by atoms with Gasteiger partial charge in [0.05, 0.1) is 32.3 Å². The molecule has 1 amide bonds. The van der Waals surface area contributed by atoms with Crippen LogP contribution in [0.4, 0.5) is 20.4 Å². The van der Waals surface area contributed by atoms with Gasteiger partial charge < -0.3 is 15.2 Å². The minimum atomic E-state index is -0.710. The molecule has 32 heavy (non-hydrogen) atoms. The third-order valence-corrected chi connectivity index (χ3v) is 7.44. The van der Waals surface area contributed by atoms with Gasteiger partial charge in [0.15, 0.2) is 5.82 Å². The average molecular weight is 479 g/mol. The van der Waals surface area contributed by atoms with Gasteiger partial charge in [0.25, 0.3) is 5.91 Å². The van der Waals surface area contributed by atoms with Gasteiger partial charge in [-0.2, -0.15) is 0 Å². The highest BCUT2D eigenvalue weighted by Crippen LogP contribution is 2.56. The van der Waals surface area contributed by atoms with Crippen LogP contribution in [0.1, 0.15) is 48.9 Å². The lowest BCUT2D eigenvalue weighted by Crippen LogP contribution is -2.38. The number of halogens is 4. The van der Waals surface area contributed by atoms with E-state index in [1.807, 2.05) is 0 Å². The molecule has 0 saturated heterocycles. The third-order valence-electron chi connectivity index (χ3n) is 6.83. The molecule has 2 saturated carbocycles. The second-order valence-electron chi connectivity index (χ2n) is 8.91. The van der Waals surface area contributed by atoms with E-state index in [0.29, 0.717) is 16.4 Å². The Hall–Kier alpha value is -2.38. The summed E-state index contributed by atoms with van der Waals surface area (Å²) in [5.41, 5.74) is 1.30. The van der Waals surface area contributed by atoms with Gasteiger partial charge in [-0.1, -0.05) is 23.2 Å². The molecule has 2 aliphatic rings. The number of imidazole rings is 1. The molecule has 1 aromatic heterocycles. The largest absolute Gasteiger partial charge is 0.349 e. The Morgan fingerprint density at radius 3 is 2.50 bits per heavy atom. The molecular formula is C23H22Cl2F2N4O. The molecule has 2 aliphatic carbocycles. The predicted octanol–water partition coefficient (Wildman–Crippen LogP) is 6.35. The Morgan fingerprint density at radius 2 is 1.81 bits per heavy atom. The molecular weight excluding hydrogens is 457 g/mol. The lowest BCUT2D eigenvalue weighted by atomic mass is 9.83. The number of nitrogens with zero attached hydrogens (tertiary/aromatic N) is 2. The summed E-state index contributed by atoms with van der Waals surface area (Å²) in [4.78, 5) is 17.2. The summed E-state index contributed by atoms with van der Waals surface area (Å²) in [5, 5.41) is 5.84. The highest BCUT2D eigenvalue weighted by molar-refractivity contribution is 6.35. The molecule has 9 heteroatoms. The highest BCUT2D eigenvalue weighted by atomic mass is 35.5. The molecule has 0 aliphatic heterocycles. The van der Waals surface area contributed by atoms with Crippen molar-refractivity contribution in [1.29, 1.82) is 0 Å². The first-order chi connectivity index (χ1) is 15.3. The minimum Gasteiger partial charge on any atom is -0.349 e. The molecule has 3 aromatic rings. The molecule has 5 nitrogen and oxygen atoms in total. The summed E-state index contributed by atoms with van der Waals surface area (Å²) in [6.07, 6.45) is 6.69. The lowest BCUT2D eigenvalue weighted by molar-refractivity contribution is 0.0915. The van der Waals surface area contributed by atoms with Crippen molar-refractivity contribution < 1.29 is 13.6 Å². The molecule has 1 spiro atoms. The van der Waals surface area contributed by atoms with E-state index >= 15 is 0 Å². The number of hydrogen-bond acceptors (Lipinski definition) is 3. The summed E-state index contributed by atoms with van der Waals surface area (Å²) >= 11 is 11.9. The van der Waals surface area contributed by atoms with Crippen LogP contribution in [-0.2, 0) is 7.05 Å². The first-order valence-electron chi connectivity index (χ1n) is 10.6. The zero-order chi connectivity index (χ0) is 22.6. The fourth-order valence-electron chi connectivity index (χ4n) is 4.57. The van der Waals surface area contributed by atoms with E-state index in [4.69, 9.17) is 23.2 Å². The Bertz CT molecular complexity index is 1230. The van der Waals surface area contributed by atoms with E-state index in [2.05, 4.69) is 15.6 Å². The van der Waals surface area contributed by atoms with Crippen molar-refractivity contribution in [3.63, 3.8) is 0 Å². The summed E-state index contributed by atoms with van der Waals surface area (Å²) in [5.74, 6) is -1.55. The molecule has 168 valence electrons. The molecule has 1 heterocycles. The second-order valence-corrected chi connectivity index (χ2v) is 9.72. The van der Waals surface area contributed by atoms with E-state index in [1.165, 1.54) is 37.1 Å². The highest BCUT2D eigenvalue weighted by Gasteiger charge is 2.44. The molecule has 0 bridgehead atoms. The van der Waals surface area contributed by atoms with Crippen LogP contribution >= 0.6 is 23.2 Å². The molecule has 2 fully saturated rings. The van der Waals surface area contributed by atoms with Crippen LogP contribution in [0.25, 0.3) is 11.0 Å². The van der Waals surface area contributed by atoms with E-state index in [0.717, 1.165) is 25.7 Å². The first kappa shape index (κ1) is 21.5. The molecule has 0 atom stereocenters. The fourth-order valence-corrected chi connectivity index (χ4v) is 4.92. The van der Waals surface area contributed by atoms with Crippen LogP contribution in [0, 0.1) is 17.0 Å². The van der Waals surface area contributed by atoms with Gasteiger partial charge in [-0.25, -0.2) is 13.8 Å². The van der Waals surface area contributed by atoms with E-state index in [1.54, 1.807) is 11.6 Å². The van der Waals surface area contributed by atoms with Crippen LogP contribution in [0.15, 0.2) is 24.3 Å². The predicted molar refractivity (Wildman–Crippen MR) is 122 cm³/mol. The van der Waals surface area contributed by atoms with Crippen molar-refractivity contribution in [2.75, 3.05) is 5.32 Å². The summed E-state index contributed by atoms with van der Waals surface area (Å²) in [6.45, 7) is 0. The van der Waals surface area contributed by atoms with E-state index < -0.39 is 17.5 Å². The van der Waals surface area contributed by atoms with Crippen molar-refractivity contribution in [3.05, 3.63) is 51.5 Å². The number of carbonyl (C=O) groups excluding carboxylic acids is 1. The van der Waals surface area contributed by atoms with Crippen molar-refractivity contribution >= 4 is 51.8 Å². The third kappa shape index (κ3) is 3.82. The lowest BCUT2D eigenvalue weighted by Gasteiger charge is -2.29. The van der Waals surface area contributed by atoms with Gasteiger partial charge in [-0.05, 0) is 62.1 Å². The number of carbonyl (C=O) groups is 1. The second kappa shape index (κ2) is 7.89. The van der Waals surface area contributed by atoms with Crippen LogP contribution in [0.3, 0.4) is 0 Å². The van der Waals surface area contributed by atoms with Gasteiger partial charge >= 0.3 is 0 Å². The van der Waals surface area contributed by atoms with Gasteiger partial charge in [0.2, 0.25) is 5.95 Å². The van der Waals surface area contributed by atoms with Gasteiger partial charge in [-0.15, -0.1) is 0 Å². The zero-order valence-corrected chi connectivity index (χ0v) is 19.0. The smallest absolute Gasteiger partial charge is 0.254 e. The Morgan fingerprint density at radius 1 is 1.12 bits per heavy atom. The van der Waals surface area contributed by atoms with E-state index in [9.17, 15) is 13.6 Å². The molecule has 2 N–H and O–H groups in total.